The van der Waals surface area contributed by atoms with E-state index in [9.17, 15) is 9.59 Å². The molecule has 2 aliphatic rings. The molecule has 1 amide bonds. The highest BCUT2D eigenvalue weighted by molar-refractivity contribution is 5.95. The molecule has 1 aromatic carbocycles. The minimum Gasteiger partial charge on any atom is -0.483 e. The number of nitrogens with one attached hydrogen (secondary N) is 1. The van der Waals surface area contributed by atoms with Crippen LogP contribution in [-0.2, 0) is 14.3 Å². The number of hydrogen-bond donors (Lipinski definition) is 2. The lowest BCUT2D eigenvalue weighted by Gasteiger charge is -2.36. The number of ether oxygens (including phenoxy) is 1. The van der Waals surface area contributed by atoms with Crippen LogP contribution in [0.15, 0.2) is 36.7 Å². The Morgan fingerprint density at radius 1 is 1.32 bits per heavy atom. The Morgan fingerprint density at radius 3 is 2.52 bits per heavy atom. The summed E-state index contributed by atoms with van der Waals surface area (Å²) >= 11 is 0. The number of carbonyl (C=O) groups is 3. The monoisotopic (exact) mass is 428 g/mol. The number of aromatic nitrogens is 2. The zero-order valence-electron chi connectivity index (χ0n) is 17.8. The van der Waals surface area contributed by atoms with Crippen LogP contribution in [0.1, 0.15) is 29.6 Å². The molecule has 9 heteroatoms. The van der Waals surface area contributed by atoms with Crippen molar-refractivity contribution in [3.8, 4) is 11.4 Å². The Morgan fingerprint density at radius 2 is 1.97 bits per heavy atom. The Balaban J connectivity index is 0.000000858. The molecule has 31 heavy (non-hydrogen) atoms. The number of benzene rings is 1. The minimum absolute atomic E-state index is 0.0112. The lowest BCUT2D eigenvalue weighted by Crippen LogP contribution is -2.45. The van der Waals surface area contributed by atoms with E-state index in [4.69, 9.17) is 14.6 Å². The average molecular weight is 428 g/mol. The number of carboxylic acid groups (broad SMARTS) is 1. The molecule has 1 unspecified atom stereocenters. The van der Waals surface area contributed by atoms with Crippen molar-refractivity contribution in [2.45, 2.75) is 25.4 Å². The van der Waals surface area contributed by atoms with Gasteiger partial charge in [0.05, 0.1) is 5.41 Å². The zero-order chi connectivity index (χ0) is 22.4. The second kappa shape index (κ2) is 9.74. The smallest absolute Gasteiger partial charge is 0.312 e. The molecule has 2 saturated heterocycles. The largest absolute Gasteiger partial charge is 0.483 e. The van der Waals surface area contributed by atoms with Crippen LogP contribution in [0.3, 0.4) is 0 Å². The Hall–Kier alpha value is -3.20. The molecule has 2 N–H and O–H groups in total. The molecule has 4 rings (SSSR count). The zero-order valence-corrected chi connectivity index (χ0v) is 17.8. The van der Waals surface area contributed by atoms with Gasteiger partial charge in [-0.05, 0) is 39.1 Å². The summed E-state index contributed by atoms with van der Waals surface area (Å²) in [4.78, 5) is 44.9. The molecule has 0 bridgehead atoms. The highest BCUT2D eigenvalue weighted by atomic mass is 16.6. The van der Waals surface area contributed by atoms with Crippen LogP contribution >= 0.6 is 0 Å². The van der Waals surface area contributed by atoms with Gasteiger partial charge >= 0.3 is 5.97 Å². The van der Waals surface area contributed by atoms with Gasteiger partial charge in [0.2, 0.25) is 0 Å². The van der Waals surface area contributed by atoms with Crippen LogP contribution in [0.5, 0.6) is 0 Å². The lowest BCUT2D eigenvalue weighted by molar-refractivity contribution is -0.150. The van der Waals surface area contributed by atoms with Crippen molar-refractivity contribution in [2.24, 2.45) is 5.41 Å². The third-order valence-electron chi connectivity index (χ3n) is 5.81. The van der Waals surface area contributed by atoms with E-state index in [0.717, 1.165) is 24.4 Å². The van der Waals surface area contributed by atoms with Crippen LogP contribution in [0.4, 0.5) is 0 Å². The van der Waals surface area contributed by atoms with Gasteiger partial charge in [-0.15, -0.1) is 0 Å². The SMILES string of the molecule is CN(C)CC1CC2(CCN(C(=O)c3ccc(-c4ncc[nH]4)cc3)CC2)C(=O)O1.O=CO. The van der Waals surface area contributed by atoms with Gasteiger partial charge < -0.3 is 24.6 Å². The number of piperidine rings is 1. The number of likely N-dealkylation sites (N-methyl/N-ethyl adjacent to an activating group) is 1. The summed E-state index contributed by atoms with van der Waals surface area (Å²) < 4.78 is 5.60. The van der Waals surface area contributed by atoms with Crippen molar-refractivity contribution >= 4 is 18.3 Å². The first-order valence-corrected chi connectivity index (χ1v) is 10.2. The first kappa shape index (κ1) is 22.5. The molecule has 166 valence electrons. The van der Waals surface area contributed by atoms with Gasteiger partial charge in [-0.1, -0.05) is 12.1 Å². The maximum atomic E-state index is 12.9. The fraction of sp³-hybridized carbons (Fsp3) is 0.455. The van der Waals surface area contributed by atoms with Gasteiger partial charge in [0.1, 0.15) is 11.9 Å². The molecule has 2 fully saturated rings. The third-order valence-corrected chi connectivity index (χ3v) is 5.81. The van der Waals surface area contributed by atoms with Gasteiger partial charge in [0.15, 0.2) is 0 Å². The summed E-state index contributed by atoms with van der Waals surface area (Å²) in [7, 11) is 3.97. The van der Waals surface area contributed by atoms with Crippen molar-refractivity contribution < 1.29 is 24.2 Å². The van der Waals surface area contributed by atoms with Crippen LogP contribution in [0.2, 0.25) is 0 Å². The summed E-state index contributed by atoms with van der Waals surface area (Å²) in [6, 6.07) is 7.47. The fourth-order valence-electron chi connectivity index (χ4n) is 4.27. The predicted octanol–water partition coefficient (Wildman–Crippen LogP) is 1.88. The molecule has 1 aromatic heterocycles. The Kier molecular flexibility index (Phi) is 7.06. The number of carbonyl (C=O) groups excluding carboxylic acids is 2. The standard InChI is InChI=1S/C21H26N4O3.CH2O2/c1-24(2)14-17-13-21(20(27)28-17)7-11-25(12-8-21)19(26)16-5-3-15(4-6-16)18-22-9-10-23-18;2-1-3/h3-6,9-10,17H,7-8,11-14H2,1-2H3,(H,22,23);1H,(H,2,3). The van der Waals surface area contributed by atoms with Gasteiger partial charge in [-0.25, -0.2) is 4.98 Å². The van der Waals surface area contributed by atoms with E-state index in [1.54, 1.807) is 12.4 Å². The summed E-state index contributed by atoms with van der Waals surface area (Å²) in [6.45, 7) is 1.67. The maximum Gasteiger partial charge on any atom is 0.312 e. The van der Waals surface area contributed by atoms with Crippen molar-refractivity contribution in [3.63, 3.8) is 0 Å². The molecule has 3 heterocycles. The first-order valence-electron chi connectivity index (χ1n) is 10.2. The first-order chi connectivity index (χ1) is 14.9. The number of esters is 1. The molecule has 2 aliphatic heterocycles. The van der Waals surface area contributed by atoms with Crippen LogP contribution < -0.4 is 0 Å². The summed E-state index contributed by atoms with van der Waals surface area (Å²) in [6.07, 6.45) is 5.53. The maximum absolute atomic E-state index is 12.9. The van der Waals surface area contributed by atoms with Crippen LogP contribution in [-0.4, -0.2) is 83.1 Å². The number of cyclic esters (lactones) is 1. The number of rotatable bonds is 4. The number of imidazole rings is 1. The van der Waals surface area contributed by atoms with E-state index in [1.807, 2.05) is 48.2 Å². The van der Waals surface area contributed by atoms with E-state index in [2.05, 4.69) is 9.97 Å². The average Bonchev–Trinajstić information content (AvgIpc) is 3.38. The van der Waals surface area contributed by atoms with Crippen molar-refractivity contribution in [2.75, 3.05) is 33.7 Å². The van der Waals surface area contributed by atoms with Gasteiger partial charge in [-0.2, -0.15) is 0 Å². The molecule has 0 saturated carbocycles. The fourth-order valence-corrected chi connectivity index (χ4v) is 4.27. The van der Waals surface area contributed by atoms with Gasteiger partial charge in [0, 0.05) is 49.6 Å². The van der Waals surface area contributed by atoms with Crippen molar-refractivity contribution in [3.05, 3.63) is 42.2 Å². The summed E-state index contributed by atoms with van der Waals surface area (Å²) in [5, 5.41) is 6.89. The van der Waals surface area contributed by atoms with Gasteiger partial charge in [0.25, 0.3) is 12.4 Å². The number of H-pyrrole nitrogens is 1. The van der Waals surface area contributed by atoms with Crippen LogP contribution in [0, 0.1) is 5.41 Å². The number of hydrogen-bond acceptors (Lipinski definition) is 6. The van der Waals surface area contributed by atoms with E-state index < -0.39 is 5.41 Å². The Bertz CT molecular complexity index is 887. The molecule has 1 spiro atoms. The number of likely N-dealkylation sites (tertiary alicyclic amines) is 1. The highest BCUT2D eigenvalue weighted by Crippen LogP contribution is 2.43. The van der Waals surface area contributed by atoms with E-state index in [1.165, 1.54) is 0 Å². The predicted molar refractivity (Wildman–Crippen MR) is 113 cm³/mol. The lowest BCUT2D eigenvalue weighted by atomic mass is 9.76. The van der Waals surface area contributed by atoms with Crippen LogP contribution in [0.25, 0.3) is 11.4 Å². The molecule has 1 atom stereocenters. The topological polar surface area (TPSA) is 116 Å². The highest BCUT2D eigenvalue weighted by Gasteiger charge is 2.50. The number of aromatic amines is 1. The number of amides is 1. The van der Waals surface area contributed by atoms with E-state index >= 15 is 0 Å². The van der Waals surface area contributed by atoms with Crippen molar-refractivity contribution in [1.82, 2.24) is 19.8 Å². The van der Waals surface area contributed by atoms with Crippen molar-refractivity contribution in [1.29, 1.82) is 0 Å². The summed E-state index contributed by atoms with van der Waals surface area (Å²) in [5.74, 6) is 0.706. The molecule has 2 aromatic rings. The van der Waals surface area contributed by atoms with E-state index in [-0.39, 0.29) is 24.5 Å². The summed E-state index contributed by atoms with van der Waals surface area (Å²) in [5.41, 5.74) is 1.19. The quantitative estimate of drug-likeness (QED) is 0.564. The second-order valence-electron chi connectivity index (χ2n) is 8.19. The molecule has 0 radical (unpaired) electrons. The minimum atomic E-state index is -0.416. The Labute approximate surface area is 181 Å². The second-order valence-corrected chi connectivity index (χ2v) is 8.19. The van der Waals surface area contributed by atoms with E-state index in [0.29, 0.717) is 31.5 Å². The normalized spacial score (nSPS) is 19.6. The van der Waals surface area contributed by atoms with Gasteiger partial charge in [-0.3, -0.25) is 14.4 Å². The molecular weight excluding hydrogens is 400 g/mol. The molecule has 9 nitrogen and oxygen atoms in total. The molecular formula is C22H28N4O5. The molecule has 0 aliphatic carbocycles. The number of nitrogens with zero attached hydrogens (tertiary/aromatic N) is 3. The third kappa shape index (κ3) is 5.11.